The number of carbonyl (C=O) groups is 2. The molecular formula is C23H23BrFN5O2S. The van der Waals surface area contributed by atoms with Gasteiger partial charge in [0, 0.05) is 16.6 Å². The maximum Gasteiger partial charge on any atom is 0.252 e. The molecule has 0 aliphatic rings. The molecule has 10 heteroatoms. The molecule has 172 valence electrons. The van der Waals surface area contributed by atoms with Crippen molar-refractivity contribution in [3.05, 3.63) is 82.4 Å². The minimum absolute atomic E-state index is 0.00866. The number of aryl methyl sites for hydroxylation is 1. The summed E-state index contributed by atoms with van der Waals surface area (Å²) in [5, 5.41) is 14.4. The number of carbonyl (C=O) groups excluding carboxylic acids is 2. The molecule has 0 aliphatic heterocycles. The summed E-state index contributed by atoms with van der Waals surface area (Å²) in [6.07, 6.45) is 1.68. The largest absolute Gasteiger partial charge is 0.342 e. The zero-order valence-electron chi connectivity index (χ0n) is 18.1. The molecule has 1 aromatic heterocycles. The van der Waals surface area contributed by atoms with E-state index in [1.165, 1.54) is 12.1 Å². The molecule has 0 unspecified atom stereocenters. The number of nitrogens with zero attached hydrogens (tertiary/aromatic N) is 3. The lowest BCUT2D eigenvalue weighted by Crippen LogP contribution is -2.29. The fourth-order valence-electron chi connectivity index (χ4n) is 3.10. The van der Waals surface area contributed by atoms with Crippen LogP contribution in [0.15, 0.2) is 64.7 Å². The van der Waals surface area contributed by atoms with Gasteiger partial charge in [-0.15, -0.1) is 16.8 Å². The maximum atomic E-state index is 14.0. The predicted molar refractivity (Wildman–Crippen MR) is 131 cm³/mol. The van der Waals surface area contributed by atoms with E-state index in [4.69, 9.17) is 0 Å². The molecule has 2 aromatic carbocycles. The Morgan fingerprint density at radius 2 is 2.03 bits per heavy atom. The van der Waals surface area contributed by atoms with Crippen molar-refractivity contribution in [3.63, 3.8) is 0 Å². The van der Waals surface area contributed by atoms with Crippen molar-refractivity contribution in [1.29, 1.82) is 0 Å². The summed E-state index contributed by atoms with van der Waals surface area (Å²) in [5.74, 6) is -0.568. The molecule has 33 heavy (non-hydrogen) atoms. The number of nitrogens with one attached hydrogen (secondary N) is 2. The van der Waals surface area contributed by atoms with Gasteiger partial charge in [0.25, 0.3) is 5.91 Å². The summed E-state index contributed by atoms with van der Waals surface area (Å²) in [4.78, 5) is 25.0. The lowest BCUT2D eigenvalue weighted by molar-refractivity contribution is -0.113. The van der Waals surface area contributed by atoms with E-state index in [2.05, 4.69) is 43.3 Å². The predicted octanol–water partition coefficient (Wildman–Crippen LogP) is 4.90. The smallest absolute Gasteiger partial charge is 0.252 e. The number of hydrogen-bond acceptors (Lipinski definition) is 5. The number of aromatic nitrogens is 3. The van der Waals surface area contributed by atoms with Gasteiger partial charge in [0.15, 0.2) is 11.0 Å². The third kappa shape index (κ3) is 6.29. The summed E-state index contributed by atoms with van der Waals surface area (Å²) >= 11 is 4.35. The van der Waals surface area contributed by atoms with Crippen molar-refractivity contribution in [1.82, 2.24) is 20.1 Å². The molecule has 1 heterocycles. The molecule has 1 atom stereocenters. The molecule has 2 amide bonds. The van der Waals surface area contributed by atoms with E-state index in [1.807, 2.05) is 32.0 Å². The molecule has 0 spiro atoms. The Balaban J connectivity index is 1.68. The SMILES string of the molecule is C=CCn1c(SCC(=O)Nc2ccc(Br)cc2F)nnc1[C@@H](C)NC(=O)c1ccccc1C. The number of allylic oxidation sites excluding steroid dienone is 1. The van der Waals surface area contributed by atoms with Crippen molar-refractivity contribution in [2.24, 2.45) is 0 Å². The number of thioether (sulfide) groups is 1. The molecule has 0 saturated carbocycles. The average Bonchev–Trinajstić information content (AvgIpc) is 3.17. The first-order valence-electron chi connectivity index (χ1n) is 10.1. The second-order valence-electron chi connectivity index (χ2n) is 7.21. The molecule has 7 nitrogen and oxygen atoms in total. The molecule has 3 aromatic rings. The van der Waals surface area contributed by atoms with Gasteiger partial charge in [-0.1, -0.05) is 52.0 Å². The van der Waals surface area contributed by atoms with Crippen LogP contribution in [0.2, 0.25) is 0 Å². The minimum Gasteiger partial charge on any atom is -0.342 e. The average molecular weight is 532 g/mol. The Labute approximate surface area is 204 Å². The van der Waals surface area contributed by atoms with E-state index in [9.17, 15) is 14.0 Å². The van der Waals surface area contributed by atoms with Gasteiger partial charge in [-0.3, -0.25) is 9.59 Å². The highest BCUT2D eigenvalue weighted by Gasteiger charge is 2.21. The van der Waals surface area contributed by atoms with E-state index < -0.39 is 11.9 Å². The van der Waals surface area contributed by atoms with Crippen molar-refractivity contribution in [3.8, 4) is 0 Å². The maximum absolute atomic E-state index is 14.0. The Hall–Kier alpha value is -2.98. The van der Waals surface area contributed by atoms with Gasteiger partial charge in [-0.05, 0) is 43.7 Å². The Morgan fingerprint density at radius 1 is 1.27 bits per heavy atom. The van der Waals surface area contributed by atoms with E-state index in [1.54, 1.807) is 22.8 Å². The summed E-state index contributed by atoms with van der Waals surface area (Å²) in [6, 6.07) is 11.3. The zero-order chi connectivity index (χ0) is 24.0. The van der Waals surface area contributed by atoms with Crippen molar-refractivity contribution < 1.29 is 14.0 Å². The molecular weight excluding hydrogens is 509 g/mol. The van der Waals surface area contributed by atoms with Crippen LogP contribution in [0.1, 0.15) is 34.7 Å². The van der Waals surface area contributed by atoms with Crippen LogP contribution < -0.4 is 10.6 Å². The van der Waals surface area contributed by atoms with Gasteiger partial charge in [-0.2, -0.15) is 0 Å². The van der Waals surface area contributed by atoms with Gasteiger partial charge < -0.3 is 15.2 Å². The highest BCUT2D eigenvalue weighted by molar-refractivity contribution is 9.10. The van der Waals surface area contributed by atoms with Gasteiger partial charge in [-0.25, -0.2) is 4.39 Å². The van der Waals surface area contributed by atoms with E-state index in [0.29, 0.717) is 27.6 Å². The Bertz CT molecular complexity index is 1180. The molecule has 0 radical (unpaired) electrons. The summed E-state index contributed by atoms with van der Waals surface area (Å²) in [7, 11) is 0. The summed E-state index contributed by atoms with van der Waals surface area (Å²) in [5.41, 5.74) is 1.56. The summed E-state index contributed by atoms with van der Waals surface area (Å²) in [6.45, 7) is 7.86. The fraction of sp³-hybridized carbons (Fsp3) is 0.217. The Morgan fingerprint density at radius 3 is 2.73 bits per heavy atom. The number of halogens is 2. The van der Waals surface area contributed by atoms with Gasteiger partial charge in [0.1, 0.15) is 5.82 Å². The number of amides is 2. The Kier molecular flexibility index (Phi) is 8.40. The third-order valence-electron chi connectivity index (χ3n) is 4.72. The van der Waals surface area contributed by atoms with Gasteiger partial charge in [0.05, 0.1) is 17.5 Å². The molecule has 2 N–H and O–H groups in total. The van der Waals surface area contributed by atoms with E-state index >= 15 is 0 Å². The number of rotatable bonds is 9. The molecule has 0 fully saturated rings. The highest BCUT2D eigenvalue weighted by atomic mass is 79.9. The van der Waals surface area contributed by atoms with Crippen LogP contribution in [0.25, 0.3) is 0 Å². The number of hydrogen-bond donors (Lipinski definition) is 2. The molecule has 0 aliphatic carbocycles. The molecule has 3 rings (SSSR count). The normalized spacial score (nSPS) is 11.6. The van der Waals surface area contributed by atoms with Crippen LogP contribution in [-0.2, 0) is 11.3 Å². The fourth-order valence-corrected chi connectivity index (χ4v) is 4.19. The van der Waals surface area contributed by atoms with Crippen LogP contribution >= 0.6 is 27.7 Å². The van der Waals surface area contributed by atoms with Crippen LogP contribution in [0.4, 0.5) is 10.1 Å². The van der Waals surface area contributed by atoms with Crippen LogP contribution in [0.3, 0.4) is 0 Å². The van der Waals surface area contributed by atoms with Crippen LogP contribution in [-0.4, -0.2) is 32.3 Å². The molecule has 0 bridgehead atoms. The third-order valence-corrected chi connectivity index (χ3v) is 6.18. The standard InChI is InChI=1S/C23H23BrFN5O2S/c1-4-11-30-21(15(3)26-22(32)17-8-6-5-7-14(17)2)28-29-23(30)33-13-20(31)27-19-10-9-16(24)12-18(19)25/h4-10,12,15H,1,11,13H2,2-3H3,(H,26,32)(H,27,31)/t15-/m1/s1. The van der Waals surface area contributed by atoms with Crippen LogP contribution in [0.5, 0.6) is 0 Å². The first-order chi connectivity index (χ1) is 15.8. The number of anilines is 1. The van der Waals surface area contributed by atoms with Gasteiger partial charge in [0.2, 0.25) is 5.91 Å². The lowest BCUT2D eigenvalue weighted by Gasteiger charge is -2.16. The lowest BCUT2D eigenvalue weighted by atomic mass is 10.1. The van der Waals surface area contributed by atoms with Crippen molar-refractivity contribution in [2.45, 2.75) is 31.6 Å². The second-order valence-corrected chi connectivity index (χ2v) is 9.07. The minimum atomic E-state index is -0.530. The van der Waals surface area contributed by atoms with E-state index in [-0.39, 0.29) is 23.3 Å². The quantitative estimate of drug-likeness (QED) is 0.303. The topological polar surface area (TPSA) is 88.9 Å². The van der Waals surface area contributed by atoms with Crippen LogP contribution in [0, 0.1) is 12.7 Å². The van der Waals surface area contributed by atoms with Crippen molar-refractivity contribution in [2.75, 3.05) is 11.1 Å². The van der Waals surface area contributed by atoms with E-state index in [0.717, 1.165) is 17.3 Å². The second kappa shape index (κ2) is 11.2. The monoisotopic (exact) mass is 531 g/mol. The molecule has 0 saturated heterocycles. The summed E-state index contributed by atoms with van der Waals surface area (Å²) < 4.78 is 16.3. The number of benzene rings is 2. The van der Waals surface area contributed by atoms with Gasteiger partial charge >= 0.3 is 0 Å². The van der Waals surface area contributed by atoms with Crippen molar-refractivity contribution >= 4 is 45.2 Å². The highest BCUT2D eigenvalue weighted by Crippen LogP contribution is 2.23. The first-order valence-corrected chi connectivity index (χ1v) is 11.9. The first kappa shape index (κ1) is 24.7. The zero-order valence-corrected chi connectivity index (χ0v) is 20.5.